The van der Waals surface area contributed by atoms with Crippen molar-refractivity contribution >= 4 is 49.0 Å². The first kappa shape index (κ1) is 18.9. The standard InChI is InChI=1S/C30H12N4O2/c31-13-16-11-19-26-20(12-17(14-32)28-27(26)24(16)18-7-1-2-10-23(18)36-28)30(35)34-22-9-4-6-15-5-3-8-21(25(15)22)33-29(19)34/h1-12H. The van der Waals surface area contributed by atoms with Crippen LogP contribution in [0.4, 0.5) is 0 Å². The zero-order valence-electron chi connectivity index (χ0n) is 18.5. The Labute approximate surface area is 202 Å². The smallest absolute Gasteiger partial charge is 0.264 e. The van der Waals surface area contributed by atoms with Crippen molar-refractivity contribution in [1.82, 2.24) is 9.38 Å². The van der Waals surface area contributed by atoms with Crippen LogP contribution in [-0.4, -0.2) is 9.38 Å². The number of aromatic nitrogens is 2. The second kappa shape index (κ2) is 6.35. The molecule has 3 heterocycles. The maximum atomic E-state index is 14.1. The highest BCUT2D eigenvalue weighted by Gasteiger charge is 2.29. The van der Waals surface area contributed by atoms with Gasteiger partial charge in [0.1, 0.15) is 17.5 Å². The second-order valence-electron chi connectivity index (χ2n) is 8.95. The van der Waals surface area contributed by atoms with E-state index >= 15 is 0 Å². The molecule has 8 rings (SSSR count). The summed E-state index contributed by atoms with van der Waals surface area (Å²) in [5, 5.41) is 24.5. The lowest BCUT2D eigenvalue weighted by molar-refractivity contribution is 0.485. The fourth-order valence-electron chi connectivity index (χ4n) is 5.75. The van der Waals surface area contributed by atoms with E-state index in [9.17, 15) is 15.3 Å². The minimum absolute atomic E-state index is 0.249. The molecule has 6 nitrogen and oxygen atoms in total. The average Bonchev–Trinajstić information content (AvgIpc) is 2.92. The van der Waals surface area contributed by atoms with Gasteiger partial charge in [-0.3, -0.25) is 9.20 Å². The van der Waals surface area contributed by atoms with Crippen LogP contribution in [0.25, 0.3) is 60.1 Å². The van der Waals surface area contributed by atoms with Crippen LogP contribution in [0.15, 0.2) is 77.6 Å². The SMILES string of the molecule is N#Cc1cc2c(=O)n3c4cccc5cccc(nc3c3cc(C#N)c6c(c1Oc1ccccc1-6)c23)c54. The molecule has 0 saturated carbocycles. The van der Waals surface area contributed by atoms with Gasteiger partial charge in [-0.15, -0.1) is 0 Å². The van der Waals surface area contributed by atoms with E-state index in [2.05, 4.69) is 12.1 Å². The maximum absolute atomic E-state index is 14.1. The van der Waals surface area contributed by atoms with Crippen molar-refractivity contribution < 1.29 is 4.74 Å². The van der Waals surface area contributed by atoms with Crippen LogP contribution in [0.1, 0.15) is 11.1 Å². The number of fused-ring (bicyclic) bond motifs is 5. The van der Waals surface area contributed by atoms with Crippen molar-refractivity contribution in [1.29, 1.82) is 10.5 Å². The molecule has 1 aliphatic heterocycles. The summed E-state index contributed by atoms with van der Waals surface area (Å²) in [6.45, 7) is 0. The molecule has 1 aliphatic rings. The lowest BCUT2D eigenvalue weighted by atomic mass is 9.86. The average molecular weight is 460 g/mol. The van der Waals surface area contributed by atoms with Crippen molar-refractivity contribution in [3.8, 4) is 34.8 Å². The predicted octanol–water partition coefficient (Wildman–Crippen LogP) is 6.26. The van der Waals surface area contributed by atoms with Crippen molar-refractivity contribution in [3.63, 3.8) is 0 Å². The van der Waals surface area contributed by atoms with Crippen LogP contribution < -0.4 is 10.3 Å². The predicted molar refractivity (Wildman–Crippen MR) is 138 cm³/mol. The summed E-state index contributed by atoms with van der Waals surface area (Å²) in [6.07, 6.45) is 0. The molecule has 5 aromatic carbocycles. The first-order valence-corrected chi connectivity index (χ1v) is 11.4. The molecule has 0 N–H and O–H groups in total. The summed E-state index contributed by atoms with van der Waals surface area (Å²) < 4.78 is 7.83. The Morgan fingerprint density at radius 1 is 0.806 bits per heavy atom. The summed E-state index contributed by atoms with van der Waals surface area (Å²) in [7, 11) is 0. The zero-order chi connectivity index (χ0) is 24.1. The quantitative estimate of drug-likeness (QED) is 0.197. The van der Waals surface area contributed by atoms with Crippen molar-refractivity contribution in [2.75, 3.05) is 0 Å². The first-order chi connectivity index (χ1) is 17.7. The number of hydrogen-bond acceptors (Lipinski definition) is 5. The second-order valence-corrected chi connectivity index (χ2v) is 8.95. The lowest BCUT2D eigenvalue weighted by Gasteiger charge is -2.25. The Kier molecular flexibility index (Phi) is 3.34. The Morgan fingerprint density at radius 3 is 2.42 bits per heavy atom. The Balaban J connectivity index is 1.74. The highest BCUT2D eigenvalue weighted by atomic mass is 16.5. The molecule has 0 radical (unpaired) electrons. The molecule has 0 aliphatic carbocycles. The topological polar surface area (TPSA) is 91.2 Å². The van der Waals surface area contributed by atoms with E-state index in [0.29, 0.717) is 49.8 Å². The third-order valence-electron chi connectivity index (χ3n) is 7.18. The molecular weight excluding hydrogens is 448 g/mol. The van der Waals surface area contributed by atoms with E-state index in [4.69, 9.17) is 9.72 Å². The molecule has 0 unspecified atom stereocenters. The molecule has 0 saturated heterocycles. The highest BCUT2D eigenvalue weighted by molar-refractivity contribution is 6.24. The number of ether oxygens (including phenoxy) is 1. The van der Waals surface area contributed by atoms with Gasteiger partial charge in [0.25, 0.3) is 5.56 Å². The Morgan fingerprint density at radius 2 is 1.58 bits per heavy atom. The van der Waals surface area contributed by atoms with E-state index < -0.39 is 0 Å². The molecule has 164 valence electrons. The van der Waals surface area contributed by atoms with Gasteiger partial charge < -0.3 is 4.74 Å². The number of pyridine rings is 1. The van der Waals surface area contributed by atoms with Gasteiger partial charge in [0.15, 0.2) is 5.75 Å². The Bertz CT molecular complexity index is 2280. The van der Waals surface area contributed by atoms with Crippen LogP contribution in [0.5, 0.6) is 11.5 Å². The molecule has 0 fully saturated rings. The van der Waals surface area contributed by atoms with E-state index in [0.717, 1.165) is 27.4 Å². The normalized spacial score (nSPS) is 12.2. The first-order valence-electron chi connectivity index (χ1n) is 11.4. The molecule has 2 aromatic heterocycles. The highest BCUT2D eigenvalue weighted by Crippen LogP contribution is 2.51. The number of benzene rings is 5. The van der Waals surface area contributed by atoms with E-state index in [1.165, 1.54) is 0 Å². The van der Waals surface area contributed by atoms with Crippen LogP contribution >= 0.6 is 0 Å². The molecule has 36 heavy (non-hydrogen) atoms. The summed E-state index contributed by atoms with van der Waals surface area (Å²) in [6, 6.07) is 27.1. The van der Waals surface area contributed by atoms with Crippen LogP contribution in [-0.2, 0) is 0 Å². The van der Waals surface area contributed by atoms with Gasteiger partial charge in [0.2, 0.25) is 0 Å². The number of nitrogens with zero attached hydrogens (tertiary/aromatic N) is 4. The van der Waals surface area contributed by atoms with Crippen LogP contribution in [0.3, 0.4) is 0 Å². The van der Waals surface area contributed by atoms with Gasteiger partial charge in [-0.1, -0.05) is 42.5 Å². The van der Waals surface area contributed by atoms with Crippen LogP contribution in [0, 0.1) is 22.7 Å². The van der Waals surface area contributed by atoms with Crippen molar-refractivity contribution in [2.45, 2.75) is 0 Å². The zero-order valence-corrected chi connectivity index (χ0v) is 18.5. The van der Waals surface area contributed by atoms with Gasteiger partial charge in [-0.05, 0) is 35.7 Å². The summed E-state index contributed by atoms with van der Waals surface area (Å²) in [5.41, 5.74) is 3.82. The maximum Gasteiger partial charge on any atom is 0.264 e. The largest absolute Gasteiger partial charge is 0.455 e. The summed E-state index contributed by atoms with van der Waals surface area (Å²) in [4.78, 5) is 19.0. The third kappa shape index (κ3) is 2.10. The van der Waals surface area contributed by atoms with E-state index in [1.807, 2.05) is 66.7 Å². The van der Waals surface area contributed by atoms with Crippen molar-refractivity contribution in [3.05, 3.63) is 94.3 Å². The number of hydrogen-bond donors (Lipinski definition) is 0. The fourth-order valence-corrected chi connectivity index (χ4v) is 5.75. The van der Waals surface area contributed by atoms with Gasteiger partial charge in [0, 0.05) is 32.7 Å². The molecule has 0 atom stereocenters. The van der Waals surface area contributed by atoms with Gasteiger partial charge in [-0.2, -0.15) is 10.5 Å². The van der Waals surface area contributed by atoms with Crippen LogP contribution in [0.2, 0.25) is 0 Å². The number of rotatable bonds is 0. The van der Waals surface area contributed by atoms with Gasteiger partial charge >= 0.3 is 0 Å². The molecule has 0 spiro atoms. The van der Waals surface area contributed by atoms with Crippen molar-refractivity contribution in [2.24, 2.45) is 0 Å². The minimum Gasteiger partial charge on any atom is -0.455 e. The number of nitriles is 2. The summed E-state index contributed by atoms with van der Waals surface area (Å²) >= 11 is 0. The van der Waals surface area contributed by atoms with E-state index in [1.54, 1.807) is 10.5 Å². The fraction of sp³-hybridized carbons (Fsp3) is 0. The molecule has 0 amide bonds. The Hall–Kier alpha value is -5.46. The van der Waals surface area contributed by atoms with Gasteiger partial charge in [0.05, 0.1) is 33.6 Å². The minimum atomic E-state index is -0.263. The van der Waals surface area contributed by atoms with E-state index in [-0.39, 0.29) is 11.1 Å². The number of para-hydroxylation sites is 1. The molecule has 6 heteroatoms. The monoisotopic (exact) mass is 460 g/mol. The molecule has 0 bridgehead atoms. The third-order valence-corrected chi connectivity index (χ3v) is 7.18. The molecular formula is C30H12N4O2. The molecule has 7 aromatic rings. The summed E-state index contributed by atoms with van der Waals surface area (Å²) in [5.74, 6) is 0.934. The van der Waals surface area contributed by atoms with Gasteiger partial charge in [-0.25, -0.2) is 4.98 Å². The lowest BCUT2D eigenvalue weighted by Crippen LogP contribution is -2.17.